The fraction of sp³-hybridized carbons (Fsp3) is 0. The van der Waals surface area contributed by atoms with Crippen LogP contribution < -0.4 is 4.90 Å². The van der Waals surface area contributed by atoms with Crippen LogP contribution in [0, 0.1) is 0 Å². The molecule has 0 fully saturated rings. The number of para-hydroxylation sites is 1. The smallest absolute Gasteiger partial charge is 0.0540 e. The highest BCUT2D eigenvalue weighted by Crippen LogP contribution is 2.48. The van der Waals surface area contributed by atoms with E-state index in [0.717, 1.165) is 28.2 Å². The van der Waals surface area contributed by atoms with Gasteiger partial charge in [0.05, 0.1) is 5.69 Å². The Labute approximate surface area is 379 Å². The molecule has 0 bridgehead atoms. The molecular formula is C64H43N. The van der Waals surface area contributed by atoms with Crippen molar-refractivity contribution in [3.63, 3.8) is 0 Å². The number of anilines is 3. The van der Waals surface area contributed by atoms with Crippen LogP contribution in [0.4, 0.5) is 17.1 Å². The monoisotopic (exact) mass is 825 g/mol. The molecule has 12 aromatic rings. The fourth-order valence-corrected chi connectivity index (χ4v) is 10.1. The summed E-state index contributed by atoms with van der Waals surface area (Å²) in [7, 11) is 0. The van der Waals surface area contributed by atoms with Gasteiger partial charge in [0.2, 0.25) is 0 Å². The highest BCUT2D eigenvalue weighted by Gasteiger charge is 2.22. The molecule has 0 heterocycles. The lowest BCUT2D eigenvalue weighted by Crippen LogP contribution is -2.11. The van der Waals surface area contributed by atoms with E-state index in [-0.39, 0.29) is 0 Å². The molecule has 304 valence electrons. The zero-order chi connectivity index (χ0) is 43.1. The molecule has 0 saturated heterocycles. The summed E-state index contributed by atoms with van der Waals surface area (Å²) < 4.78 is 0. The second-order valence-corrected chi connectivity index (χ2v) is 16.8. The highest BCUT2D eigenvalue weighted by molar-refractivity contribution is 6.22. The van der Waals surface area contributed by atoms with Crippen LogP contribution in [0.15, 0.2) is 261 Å². The molecular weight excluding hydrogens is 783 g/mol. The molecule has 0 aliphatic heterocycles. The van der Waals surface area contributed by atoms with Gasteiger partial charge in [-0.25, -0.2) is 0 Å². The van der Waals surface area contributed by atoms with Gasteiger partial charge in [-0.2, -0.15) is 0 Å². The standard InChI is InChI=1S/C64H43N/c1-3-20-47(21-4-1)63-60-32-12-11-31-58(60)59-41-38-50(43-61(59)64(63)48-22-5-2-6-23-48)57-30-13-14-35-62(57)65(51-39-36-46(37-40-51)55-33-16-24-44-18-7-9-28-53(44)55)52-27-15-26-49(42-52)56-34-17-25-45-19-8-10-29-54(45)56/h1-43H. The van der Waals surface area contributed by atoms with E-state index in [0.29, 0.717) is 0 Å². The second kappa shape index (κ2) is 16.3. The van der Waals surface area contributed by atoms with Crippen LogP contribution in [0.25, 0.3) is 98.7 Å². The second-order valence-electron chi connectivity index (χ2n) is 16.8. The molecule has 0 aliphatic carbocycles. The van der Waals surface area contributed by atoms with Gasteiger partial charge in [-0.1, -0.05) is 224 Å². The largest absolute Gasteiger partial charge is 0.310 e. The first kappa shape index (κ1) is 38.2. The van der Waals surface area contributed by atoms with Crippen LogP contribution in [0.1, 0.15) is 0 Å². The van der Waals surface area contributed by atoms with Gasteiger partial charge in [0.1, 0.15) is 0 Å². The van der Waals surface area contributed by atoms with Crippen molar-refractivity contribution in [3.8, 4) is 55.6 Å². The molecule has 12 aromatic carbocycles. The zero-order valence-electron chi connectivity index (χ0n) is 35.8. The summed E-state index contributed by atoms with van der Waals surface area (Å²) in [5.41, 5.74) is 15.3. The third-order valence-electron chi connectivity index (χ3n) is 13.0. The maximum Gasteiger partial charge on any atom is 0.0540 e. The minimum Gasteiger partial charge on any atom is -0.310 e. The van der Waals surface area contributed by atoms with Crippen molar-refractivity contribution in [2.24, 2.45) is 0 Å². The molecule has 0 aliphatic rings. The molecule has 0 saturated carbocycles. The Morgan fingerprint density at radius 3 is 1.34 bits per heavy atom. The minimum absolute atomic E-state index is 1.08. The van der Waals surface area contributed by atoms with Crippen molar-refractivity contribution in [3.05, 3.63) is 261 Å². The van der Waals surface area contributed by atoms with Crippen LogP contribution in [0.5, 0.6) is 0 Å². The van der Waals surface area contributed by atoms with E-state index < -0.39 is 0 Å². The molecule has 0 unspecified atom stereocenters. The first-order chi connectivity index (χ1) is 32.3. The molecule has 0 aromatic heterocycles. The summed E-state index contributed by atoms with van der Waals surface area (Å²) in [6, 6.07) is 95.3. The van der Waals surface area contributed by atoms with Gasteiger partial charge in [0.15, 0.2) is 0 Å². The molecule has 1 nitrogen and oxygen atoms in total. The average Bonchev–Trinajstić information content (AvgIpc) is 3.39. The van der Waals surface area contributed by atoms with E-state index in [1.807, 2.05) is 0 Å². The van der Waals surface area contributed by atoms with Crippen molar-refractivity contribution >= 4 is 60.2 Å². The van der Waals surface area contributed by atoms with E-state index in [4.69, 9.17) is 0 Å². The lowest BCUT2D eigenvalue weighted by atomic mass is 9.84. The van der Waals surface area contributed by atoms with Crippen LogP contribution in [-0.2, 0) is 0 Å². The molecule has 0 atom stereocenters. The third-order valence-corrected chi connectivity index (χ3v) is 13.0. The van der Waals surface area contributed by atoms with E-state index in [1.165, 1.54) is 87.6 Å². The normalized spacial score (nSPS) is 11.4. The van der Waals surface area contributed by atoms with E-state index in [1.54, 1.807) is 0 Å². The summed E-state index contributed by atoms with van der Waals surface area (Å²) in [4.78, 5) is 2.44. The molecule has 12 rings (SSSR count). The van der Waals surface area contributed by atoms with Crippen molar-refractivity contribution in [1.82, 2.24) is 0 Å². The summed E-state index contributed by atoms with van der Waals surface area (Å²) in [6.07, 6.45) is 0. The van der Waals surface area contributed by atoms with E-state index in [2.05, 4.69) is 266 Å². The summed E-state index contributed by atoms with van der Waals surface area (Å²) in [6.45, 7) is 0. The van der Waals surface area contributed by atoms with Crippen LogP contribution >= 0.6 is 0 Å². The molecule has 1 heteroatoms. The quantitative estimate of drug-likeness (QED) is 0.138. The van der Waals surface area contributed by atoms with Crippen molar-refractivity contribution in [1.29, 1.82) is 0 Å². The van der Waals surface area contributed by atoms with Gasteiger partial charge in [-0.05, 0) is 130 Å². The number of nitrogens with zero attached hydrogens (tertiary/aromatic N) is 1. The molecule has 0 amide bonds. The molecule has 0 radical (unpaired) electrons. The summed E-state index contributed by atoms with van der Waals surface area (Å²) in [5.74, 6) is 0. The lowest BCUT2D eigenvalue weighted by Gasteiger charge is -2.29. The number of rotatable bonds is 8. The Kier molecular flexibility index (Phi) is 9.58. The van der Waals surface area contributed by atoms with Gasteiger partial charge in [-0.3, -0.25) is 0 Å². The molecule has 0 spiro atoms. The van der Waals surface area contributed by atoms with Gasteiger partial charge in [-0.15, -0.1) is 0 Å². The van der Waals surface area contributed by atoms with E-state index >= 15 is 0 Å². The van der Waals surface area contributed by atoms with Gasteiger partial charge in [0, 0.05) is 16.9 Å². The summed E-state index contributed by atoms with van der Waals surface area (Å²) in [5, 5.41) is 9.93. The Morgan fingerprint density at radius 1 is 0.215 bits per heavy atom. The Balaban J connectivity index is 1.08. The van der Waals surface area contributed by atoms with Crippen LogP contribution in [-0.4, -0.2) is 0 Å². The molecule has 0 N–H and O–H groups in total. The maximum absolute atomic E-state index is 2.44. The van der Waals surface area contributed by atoms with Crippen molar-refractivity contribution < 1.29 is 0 Å². The van der Waals surface area contributed by atoms with E-state index in [9.17, 15) is 0 Å². The highest BCUT2D eigenvalue weighted by atomic mass is 15.1. The maximum atomic E-state index is 2.44. The third kappa shape index (κ3) is 6.82. The van der Waals surface area contributed by atoms with Crippen molar-refractivity contribution in [2.45, 2.75) is 0 Å². The minimum atomic E-state index is 1.08. The fourth-order valence-electron chi connectivity index (χ4n) is 10.1. The van der Waals surface area contributed by atoms with Crippen molar-refractivity contribution in [2.75, 3.05) is 4.90 Å². The number of hydrogen-bond donors (Lipinski definition) is 0. The van der Waals surface area contributed by atoms with Gasteiger partial charge >= 0.3 is 0 Å². The Hall–Kier alpha value is -8.52. The Bertz CT molecular complexity index is 3690. The number of benzene rings is 12. The van der Waals surface area contributed by atoms with Crippen LogP contribution in [0.2, 0.25) is 0 Å². The predicted molar refractivity (Wildman–Crippen MR) is 278 cm³/mol. The molecule has 65 heavy (non-hydrogen) atoms. The first-order valence-electron chi connectivity index (χ1n) is 22.4. The van der Waals surface area contributed by atoms with Gasteiger partial charge < -0.3 is 4.90 Å². The Morgan fingerprint density at radius 2 is 0.662 bits per heavy atom. The number of hydrogen-bond acceptors (Lipinski definition) is 1. The van der Waals surface area contributed by atoms with Gasteiger partial charge in [0.25, 0.3) is 0 Å². The summed E-state index contributed by atoms with van der Waals surface area (Å²) >= 11 is 0. The first-order valence-corrected chi connectivity index (χ1v) is 22.4. The SMILES string of the molecule is c1ccc(-c2c(-c3ccccc3)c3cc(-c4ccccc4N(c4ccc(-c5cccc6ccccc56)cc4)c4cccc(-c5cccc6ccccc56)c4)ccc3c3ccccc23)cc1. The zero-order valence-corrected chi connectivity index (χ0v) is 35.8. The van der Waals surface area contributed by atoms with Crippen LogP contribution in [0.3, 0.4) is 0 Å². The average molecular weight is 826 g/mol. The number of fused-ring (bicyclic) bond motifs is 5. The topological polar surface area (TPSA) is 3.24 Å². The predicted octanol–water partition coefficient (Wildman–Crippen LogP) is 18.1. The lowest BCUT2D eigenvalue weighted by molar-refractivity contribution is 1.28.